The number of carbonyl (C=O) groups excluding carboxylic acids is 1. The quantitative estimate of drug-likeness (QED) is 0.465. The summed E-state index contributed by atoms with van der Waals surface area (Å²) in [6, 6.07) is 6.52. The molecule has 0 fully saturated rings. The van der Waals surface area contributed by atoms with E-state index in [4.69, 9.17) is 5.73 Å². The van der Waals surface area contributed by atoms with Crippen LogP contribution in [0, 0.1) is 0 Å². The molecule has 1 aromatic carbocycles. The summed E-state index contributed by atoms with van der Waals surface area (Å²) in [7, 11) is -2.29. The Morgan fingerprint density at radius 3 is 2.57 bits per heavy atom. The molecule has 1 unspecified atom stereocenters. The van der Waals surface area contributed by atoms with Gasteiger partial charge < -0.3 is 15.6 Å². The van der Waals surface area contributed by atoms with Gasteiger partial charge in [-0.25, -0.2) is 13.1 Å². The molecule has 1 aromatic rings. The van der Waals surface area contributed by atoms with E-state index in [-0.39, 0.29) is 25.1 Å². The zero-order chi connectivity index (χ0) is 15.9. The molecule has 0 amide bonds. The Morgan fingerprint density at radius 1 is 1.38 bits per heavy atom. The zero-order valence-corrected chi connectivity index (χ0v) is 12.6. The van der Waals surface area contributed by atoms with E-state index in [0.717, 1.165) is 0 Å². The van der Waals surface area contributed by atoms with Gasteiger partial charge in [-0.15, -0.1) is 0 Å². The van der Waals surface area contributed by atoms with Crippen LogP contribution in [0.15, 0.2) is 24.3 Å². The topological polar surface area (TPSA) is 119 Å². The summed E-state index contributed by atoms with van der Waals surface area (Å²) in [5, 5.41) is 9.88. The van der Waals surface area contributed by atoms with Gasteiger partial charge in [-0.3, -0.25) is 4.79 Å². The Kier molecular flexibility index (Phi) is 6.60. The first-order valence-corrected chi connectivity index (χ1v) is 8.07. The minimum absolute atomic E-state index is 0.0396. The second-order valence-electron chi connectivity index (χ2n) is 4.53. The number of aliphatic hydroxyl groups excluding tert-OH is 1. The van der Waals surface area contributed by atoms with Gasteiger partial charge in [0.1, 0.15) is 0 Å². The van der Waals surface area contributed by atoms with Gasteiger partial charge in [-0.2, -0.15) is 0 Å². The van der Waals surface area contributed by atoms with Gasteiger partial charge in [0, 0.05) is 18.7 Å². The van der Waals surface area contributed by atoms with Crippen molar-refractivity contribution in [3.05, 3.63) is 29.8 Å². The van der Waals surface area contributed by atoms with Crippen LogP contribution in [0.2, 0.25) is 0 Å². The monoisotopic (exact) mass is 316 g/mol. The number of ether oxygens (including phenoxy) is 1. The van der Waals surface area contributed by atoms with E-state index in [0.29, 0.717) is 11.3 Å². The van der Waals surface area contributed by atoms with Gasteiger partial charge >= 0.3 is 5.97 Å². The number of aliphatic hydroxyl groups is 1. The second kappa shape index (κ2) is 7.96. The third-order valence-corrected chi connectivity index (χ3v) is 4.27. The highest BCUT2D eigenvalue weighted by atomic mass is 32.2. The molecule has 0 aliphatic heterocycles. The lowest BCUT2D eigenvalue weighted by molar-refractivity contribution is -0.140. The van der Waals surface area contributed by atoms with Gasteiger partial charge in [0.05, 0.1) is 19.0 Å². The third kappa shape index (κ3) is 6.56. The summed E-state index contributed by atoms with van der Waals surface area (Å²) in [5.41, 5.74) is 6.66. The maximum atomic E-state index is 11.7. The predicted molar refractivity (Wildman–Crippen MR) is 78.9 cm³/mol. The Labute approximate surface area is 124 Å². The summed E-state index contributed by atoms with van der Waals surface area (Å²) < 4.78 is 30.1. The van der Waals surface area contributed by atoms with Gasteiger partial charge in [-0.1, -0.05) is 12.1 Å². The Bertz CT molecular complexity index is 556. The van der Waals surface area contributed by atoms with Crippen molar-refractivity contribution in [3.8, 4) is 0 Å². The Hall–Kier alpha value is -1.64. The molecular formula is C13H20N2O5S. The predicted octanol–water partition coefficient (Wildman–Crippen LogP) is 0.175. The molecule has 7 nitrogen and oxygen atoms in total. The second-order valence-corrected chi connectivity index (χ2v) is 6.46. The lowest BCUT2D eigenvalue weighted by Crippen LogP contribution is -2.30. The normalized spacial score (nSPS) is 12.9. The van der Waals surface area contributed by atoms with E-state index in [9.17, 15) is 18.3 Å². The fraction of sp³-hybridized carbons (Fsp3) is 0.462. The number of methoxy groups -OCH3 is 1. The zero-order valence-electron chi connectivity index (χ0n) is 11.8. The van der Waals surface area contributed by atoms with Crippen LogP contribution in [0.25, 0.3) is 0 Å². The molecule has 0 aliphatic carbocycles. The largest absolute Gasteiger partial charge is 0.469 e. The van der Waals surface area contributed by atoms with Crippen molar-refractivity contribution in [2.45, 2.75) is 18.9 Å². The summed E-state index contributed by atoms with van der Waals surface area (Å²) >= 11 is 0. The molecule has 0 heterocycles. The summed E-state index contributed by atoms with van der Waals surface area (Å²) in [6.07, 6.45) is -0.751. The number of hydrogen-bond donors (Lipinski definition) is 3. The fourth-order valence-corrected chi connectivity index (χ4v) is 2.70. The average molecular weight is 316 g/mol. The maximum Gasteiger partial charge on any atom is 0.305 e. The molecule has 0 bridgehead atoms. The van der Waals surface area contributed by atoms with Crippen molar-refractivity contribution in [1.29, 1.82) is 0 Å². The highest BCUT2D eigenvalue weighted by Gasteiger charge is 2.15. The molecule has 21 heavy (non-hydrogen) atoms. The van der Waals surface area contributed by atoms with E-state index in [1.807, 2.05) is 0 Å². The number of sulfonamides is 1. The molecule has 1 atom stereocenters. The molecule has 1 rings (SSSR count). The fourth-order valence-electron chi connectivity index (χ4n) is 1.62. The minimum atomic E-state index is -3.54. The molecule has 0 aromatic heterocycles. The van der Waals surface area contributed by atoms with Crippen LogP contribution in [0.3, 0.4) is 0 Å². The van der Waals surface area contributed by atoms with Crippen molar-refractivity contribution in [2.24, 2.45) is 0 Å². The number of anilines is 1. The van der Waals surface area contributed by atoms with Crippen LogP contribution in [-0.4, -0.2) is 38.9 Å². The van der Waals surface area contributed by atoms with E-state index in [2.05, 4.69) is 9.46 Å². The first kappa shape index (κ1) is 17.4. The van der Waals surface area contributed by atoms with Crippen LogP contribution in [-0.2, 0) is 19.6 Å². The number of nitrogens with one attached hydrogen (secondary N) is 1. The minimum Gasteiger partial charge on any atom is -0.469 e. The SMILES string of the molecule is COC(=O)CCCS(=O)(=O)NCC(O)c1ccc(N)cc1. The van der Waals surface area contributed by atoms with E-state index < -0.39 is 22.1 Å². The summed E-state index contributed by atoms with van der Waals surface area (Å²) in [5.74, 6) is -0.650. The number of nitrogens with two attached hydrogens (primary N) is 1. The van der Waals surface area contributed by atoms with E-state index in [1.165, 1.54) is 7.11 Å². The molecule has 0 radical (unpaired) electrons. The first-order chi connectivity index (χ1) is 9.84. The lowest BCUT2D eigenvalue weighted by Gasteiger charge is -2.12. The molecule has 0 saturated heterocycles. The average Bonchev–Trinajstić information content (AvgIpc) is 2.45. The number of benzene rings is 1. The van der Waals surface area contributed by atoms with Crippen molar-refractivity contribution in [2.75, 3.05) is 25.1 Å². The molecular weight excluding hydrogens is 296 g/mol. The van der Waals surface area contributed by atoms with Crippen molar-refractivity contribution < 1.29 is 23.1 Å². The van der Waals surface area contributed by atoms with Gasteiger partial charge in [0.25, 0.3) is 0 Å². The molecule has 118 valence electrons. The van der Waals surface area contributed by atoms with E-state index >= 15 is 0 Å². The van der Waals surface area contributed by atoms with E-state index in [1.54, 1.807) is 24.3 Å². The molecule has 8 heteroatoms. The van der Waals surface area contributed by atoms with Crippen molar-refractivity contribution >= 4 is 21.7 Å². The van der Waals surface area contributed by atoms with Gasteiger partial charge in [0.2, 0.25) is 10.0 Å². The molecule has 0 spiro atoms. The van der Waals surface area contributed by atoms with Crippen LogP contribution in [0.4, 0.5) is 5.69 Å². The smallest absolute Gasteiger partial charge is 0.305 e. The Morgan fingerprint density at radius 2 is 2.00 bits per heavy atom. The number of rotatable bonds is 8. The van der Waals surface area contributed by atoms with Gasteiger partial charge in [0.15, 0.2) is 0 Å². The molecule has 4 N–H and O–H groups in total. The number of esters is 1. The van der Waals surface area contributed by atoms with Crippen LogP contribution in [0.5, 0.6) is 0 Å². The highest BCUT2D eigenvalue weighted by Crippen LogP contribution is 2.14. The Balaban J connectivity index is 2.42. The molecule has 0 aliphatic rings. The summed E-state index contributed by atoms with van der Waals surface area (Å²) in [4.78, 5) is 10.9. The standard InChI is InChI=1S/C13H20N2O5S/c1-20-13(17)3-2-8-21(18,19)15-9-12(16)10-4-6-11(14)7-5-10/h4-7,12,15-16H,2-3,8-9,14H2,1H3. The number of hydrogen-bond acceptors (Lipinski definition) is 6. The first-order valence-electron chi connectivity index (χ1n) is 6.41. The van der Waals surface area contributed by atoms with Crippen LogP contribution >= 0.6 is 0 Å². The number of carbonyl (C=O) groups is 1. The third-order valence-electron chi connectivity index (χ3n) is 2.84. The van der Waals surface area contributed by atoms with Crippen molar-refractivity contribution in [1.82, 2.24) is 4.72 Å². The lowest BCUT2D eigenvalue weighted by atomic mass is 10.1. The van der Waals surface area contributed by atoms with Crippen molar-refractivity contribution in [3.63, 3.8) is 0 Å². The maximum absolute atomic E-state index is 11.7. The number of nitrogen functional groups attached to an aromatic ring is 1. The van der Waals surface area contributed by atoms with Gasteiger partial charge in [-0.05, 0) is 24.1 Å². The van der Waals surface area contributed by atoms with Crippen LogP contribution < -0.4 is 10.5 Å². The summed E-state index contributed by atoms with van der Waals surface area (Å²) in [6.45, 7) is -0.134. The highest BCUT2D eigenvalue weighted by molar-refractivity contribution is 7.89. The van der Waals surface area contributed by atoms with Crippen LogP contribution in [0.1, 0.15) is 24.5 Å². The molecule has 0 saturated carbocycles.